The second kappa shape index (κ2) is 6.40. The number of phenolic OH excluding ortho intramolecular Hbond substituents is 1. The number of rotatable bonds is 4. The molecule has 1 aromatic heterocycles. The zero-order valence-corrected chi connectivity index (χ0v) is 13.0. The molecule has 1 heterocycles. The Kier molecular flexibility index (Phi) is 4.59. The van der Waals surface area contributed by atoms with Crippen LogP contribution in [0.5, 0.6) is 11.5 Å². The number of benzene rings is 1. The van der Waals surface area contributed by atoms with Gasteiger partial charge in [-0.05, 0) is 28.1 Å². The van der Waals surface area contributed by atoms with Crippen LogP contribution in [0.25, 0.3) is 0 Å². The van der Waals surface area contributed by atoms with Crippen LogP contribution in [0.4, 0.5) is 0 Å². The normalized spacial score (nSPS) is 10.8. The predicted molar refractivity (Wildman–Crippen MR) is 80.6 cm³/mol. The van der Waals surface area contributed by atoms with E-state index in [9.17, 15) is 9.90 Å². The van der Waals surface area contributed by atoms with E-state index >= 15 is 0 Å². The number of phenols is 1. The third-order valence-electron chi connectivity index (χ3n) is 2.62. The molecule has 21 heavy (non-hydrogen) atoms. The summed E-state index contributed by atoms with van der Waals surface area (Å²) in [5.74, 6) is -0.170. The number of hydrogen-bond donors (Lipinski definition) is 2. The van der Waals surface area contributed by atoms with E-state index in [-0.39, 0.29) is 11.4 Å². The lowest BCUT2D eigenvalue weighted by atomic mass is 10.2. The third kappa shape index (κ3) is 3.40. The van der Waals surface area contributed by atoms with Crippen LogP contribution in [0.3, 0.4) is 0 Å². The number of aryl methyl sites for hydroxylation is 1. The number of aromatic hydroxyl groups is 1. The quantitative estimate of drug-likeness (QED) is 0.646. The highest BCUT2D eigenvalue weighted by atomic mass is 79.9. The summed E-state index contributed by atoms with van der Waals surface area (Å²) in [7, 11) is 3.16. The van der Waals surface area contributed by atoms with E-state index in [4.69, 9.17) is 4.74 Å². The van der Waals surface area contributed by atoms with Gasteiger partial charge in [-0.3, -0.25) is 9.48 Å². The number of aromatic nitrogens is 2. The summed E-state index contributed by atoms with van der Waals surface area (Å²) < 4.78 is 7.06. The number of para-hydroxylation sites is 1. The van der Waals surface area contributed by atoms with E-state index in [2.05, 4.69) is 31.6 Å². The summed E-state index contributed by atoms with van der Waals surface area (Å²) in [6.07, 6.45) is 2.99. The molecular weight excluding hydrogens is 340 g/mol. The lowest BCUT2D eigenvalue weighted by Gasteiger charge is -2.04. The van der Waals surface area contributed by atoms with Crippen LogP contribution in [0.2, 0.25) is 0 Å². The molecule has 1 aromatic carbocycles. The van der Waals surface area contributed by atoms with E-state index < -0.39 is 5.91 Å². The summed E-state index contributed by atoms with van der Waals surface area (Å²) in [6.45, 7) is 0. The van der Waals surface area contributed by atoms with Crippen molar-refractivity contribution in [1.29, 1.82) is 0 Å². The van der Waals surface area contributed by atoms with E-state index in [1.54, 1.807) is 31.4 Å². The van der Waals surface area contributed by atoms with Gasteiger partial charge in [0.05, 0.1) is 17.8 Å². The van der Waals surface area contributed by atoms with Gasteiger partial charge in [0.1, 0.15) is 0 Å². The van der Waals surface area contributed by atoms with Crippen molar-refractivity contribution in [2.75, 3.05) is 7.11 Å². The van der Waals surface area contributed by atoms with E-state index in [1.807, 2.05) is 0 Å². The molecule has 2 aromatic rings. The van der Waals surface area contributed by atoms with Crippen molar-refractivity contribution in [1.82, 2.24) is 15.2 Å². The Hall–Kier alpha value is -2.35. The maximum absolute atomic E-state index is 11.9. The second-order valence-electron chi connectivity index (χ2n) is 4.10. The van der Waals surface area contributed by atoms with E-state index in [1.165, 1.54) is 18.0 Å². The van der Waals surface area contributed by atoms with Crippen molar-refractivity contribution in [3.8, 4) is 11.5 Å². The van der Waals surface area contributed by atoms with Gasteiger partial charge in [-0.1, -0.05) is 6.07 Å². The monoisotopic (exact) mass is 352 g/mol. The van der Waals surface area contributed by atoms with E-state index in [0.29, 0.717) is 15.8 Å². The molecule has 2 N–H and O–H groups in total. The first kappa shape index (κ1) is 15.0. The van der Waals surface area contributed by atoms with Gasteiger partial charge in [0.15, 0.2) is 17.2 Å². The maximum Gasteiger partial charge on any atom is 0.293 e. The second-order valence-corrected chi connectivity index (χ2v) is 4.95. The van der Waals surface area contributed by atoms with Gasteiger partial charge in [0, 0.05) is 18.8 Å². The number of nitrogens with zero attached hydrogens (tertiary/aromatic N) is 3. The molecule has 0 bridgehead atoms. The molecule has 0 saturated heterocycles. The molecule has 0 atom stereocenters. The van der Waals surface area contributed by atoms with Crippen molar-refractivity contribution < 1.29 is 14.6 Å². The standard InChI is InChI=1S/C13H13BrN4O3/c1-18-7-9(14)11(17-18)13(20)16-15-6-8-4-3-5-10(21-2)12(8)19/h3-7,19H,1-2H3,(H,16,20). The van der Waals surface area contributed by atoms with Crippen LogP contribution in [-0.4, -0.2) is 34.1 Å². The number of halogens is 1. The van der Waals surface area contributed by atoms with Gasteiger partial charge in [-0.25, -0.2) is 5.43 Å². The SMILES string of the molecule is COc1cccc(C=NNC(=O)c2nn(C)cc2Br)c1O. The fraction of sp³-hybridized carbons (Fsp3) is 0.154. The Morgan fingerprint density at radius 1 is 1.57 bits per heavy atom. The Bertz CT molecular complexity index is 697. The summed E-state index contributed by atoms with van der Waals surface area (Å²) in [4.78, 5) is 11.9. The molecule has 2 rings (SSSR count). The minimum Gasteiger partial charge on any atom is -0.504 e. The first-order chi connectivity index (χ1) is 10.0. The van der Waals surface area contributed by atoms with Crippen LogP contribution in [0, 0.1) is 0 Å². The number of methoxy groups -OCH3 is 1. The van der Waals surface area contributed by atoms with Crippen LogP contribution in [-0.2, 0) is 7.05 Å². The molecule has 0 unspecified atom stereocenters. The molecule has 0 saturated carbocycles. The number of hydrazone groups is 1. The molecule has 0 radical (unpaired) electrons. The van der Waals surface area contributed by atoms with Gasteiger partial charge < -0.3 is 9.84 Å². The molecule has 0 aliphatic carbocycles. The highest BCUT2D eigenvalue weighted by Gasteiger charge is 2.13. The summed E-state index contributed by atoms with van der Waals surface area (Å²) >= 11 is 3.23. The van der Waals surface area contributed by atoms with Gasteiger partial charge in [0.25, 0.3) is 5.91 Å². The number of ether oxygens (including phenoxy) is 1. The van der Waals surface area contributed by atoms with Crippen molar-refractivity contribution in [3.63, 3.8) is 0 Å². The Morgan fingerprint density at radius 3 is 2.95 bits per heavy atom. The number of nitrogens with one attached hydrogen (secondary N) is 1. The molecule has 7 nitrogen and oxygen atoms in total. The summed E-state index contributed by atoms with van der Waals surface area (Å²) in [5, 5.41) is 17.7. The molecule has 110 valence electrons. The van der Waals surface area contributed by atoms with Crippen molar-refractivity contribution in [2.24, 2.45) is 12.1 Å². The average Bonchev–Trinajstić information content (AvgIpc) is 2.79. The topological polar surface area (TPSA) is 88.7 Å². The highest BCUT2D eigenvalue weighted by molar-refractivity contribution is 9.10. The van der Waals surface area contributed by atoms with Gasteiger partial charge in [-0.15, -0.1) is 0 Å². The Balaban J connectivity index is 2.09. The maximum atomic E-state index is 11.9. The van der Waals surface area contributed by atoms with E-state index in [0.717, 1.165) is 0 Å². The average molecular weight is 353 g/mol. The highest BCUT2D eigenvalue weighted by Crippen LogP contribution is 2.27. The molecule has 0 spiro atoms. The smallest absolute Gasteiger partial charge is 0.293 e. The van der Waals surface area contributed by atoms with Crippen LogP contribution < -0.4 is 10.2 Å². The molecule has 0 fully saturated rings. The first-order valence-electron chi connectivity index (χ1n) is 5.91. The van der Waals surface area contributed by atoms with Gasteiger partial charge >= 0.3 is 0 Å². The van der Waals surface area contributed by atoms with Crippen molar-refractivity contribution in [2.45, 2.75) is 0 Å². The number of carbonyl (C=O) groups excluding carboxylic acids is 1. The predicted octanol–water partition coefficient (Wildman–Crippen LogP) is 1.66. The molecule has 8 heteroatoms. The molecular formula is C13H13BrN4O3. The zero-order chi connectivity index (χ0) is 15.4. The zero-order valence-electron chi connectivity index (χ0n) is 11.4. The molecule has 0 aliphatic heterocycles. The number of carbonyl (C=O) groups is 1. The minimum absolute atomic E-state index is 0.0444. The van der Waals surface area contributed by atoms with Crippen molar-refractivity contribution in [3.05, 3.63) is 40.1 Å². The van der Waals surface area contributed by atoms with Gasteiger partial charge in [0.2, 0.25) is 0 Å². The van der Waals surface area contributed by atoms with Crippen LogP contribution in [0.1, 0.15) is 16.1 Å². The largest absolute Gasteiger partial charge is 0.504 e. The van der Waals surface area contributed by atoms with Gasteiger partial charge in [-0.2, -0.15) is 10.2 Å². The van der Waals surface area contributed by atoms with Crippen molar-refractivity contribution >= 4 is 28.1 Å². The third-order valence-corrected chi connectivity index (χ3v) is 3.20. The fourth-order valence-electron chi connectivity index (χ4n) is 1.64. The first-order valence-corrected chi connectivity index (χ1v) is 6.70. The summed E-state index contributed by atoms with van der Waals surface area (Å²) in [5.41, 5.74) is 2.99. The summed E-state index contributed by atoms with van der Waals surface area (Å²) in [6, 6.07) is 4.97. The minimum atomic E-state index is -0.457. The number of hydrogen-bond acceptors (Lipinski definition) is 5. The molecule has 0 aliphatic rings. The lowest BCUT2D eigenvalue weighted by molar-refractivity contribution is 0.0948. The molecule has 1 amide bonds. The lowest BCUT2D eigenvalue weighted by Crippen LogP contribution is -2.19. The fourth-order valence-corrected chi connectivity index (χ4v) is 2.19. The number of amides is 1. The Morgan fingerprint density at radius 2 is 2.33 bits per heavy atom. The van der Waals surface area contributed by atoms with Crippen LogP contribution in [0.15, 0.2) is 34.0 Å². The van der Waals surface area contributed by atoms with Crippen LogP contribution >= 0.6 is 15.9 Å². The Labute approximate surface area is 129 Å².